The first-order chi connectivity index (χ1) is 13.9. The lowest BCUT2D eigenvalue weighted by molar-refractivity contribution is -0.121. The molecule has 2 aromatic heterocycles. The topological polar surface area (TPSA) is 55.6 Å². The van der Waals surface area contributed by atoms with Crippen LogP contribution in [0.4, 0.5) is 0 Å². The normalized spacial score (nSPS) is 15.0. The Bertz CT molecular complexity index is 1000. The molecule has 0 saturated heterocycles. The van der Waals surface area contributed by atoms with Crippen LogP contribution in [0.3, 0.4) is 0 Å². The number of aryl methyl sites for hydroxylation is 2. The Morgan fingerprint density at radius 3 is 2.38 bits per heavy atom. The summed E-state index contributed by atoms with van der Waals surface area (Å²) in [5.74, 6) is 0.772. The third-order valence-corrected chi connectivity index (χ3v) is 7.04. The molecule has 1 fully saturated rings. The van der Waals surface area contributed by atoms with E-state index in [1.807, 2.05) is 66.1 Å². The molecule has 154 valence electrons. The molecule has 1 saturated carbocycles. The van der Waals surface area contributed by atoms with Crippen LogP contribution in [0.5, 0.6) is 0 Å². The number of benzene rings is 1. The van der Waals surface area contributed by atoms with Crippen LogP contribution in [0, 0.1) is 4.77 Å². The highest BCUT2D eigenvalue weighted by Gasteiger charge is 2.42. The average Bonchev–Trinajstić information content (AvgIpc) is 3.44. The highest BCUT2D eigenvalue weighted by atomic mass is 35.5. The van der Waals surface area contributed by atoms with Gasteiger partial charge < -0.3 is 14.1 Å². The fraction of sp³-hybridized carbons (Fsp3) is 0.381. The number of imidazole rings is 2. The van der Waals surface area contributed by atoms with E-state index in [9.17, 15) is 4.79 Å². The number of aromatic nitrogens is 4. The fourth-order valence-electron chi connectivity index (χ4n) is 3.63. The largest absolute Gasteiger partial charge is 0.337 e. The van der Waals surface area contributed by atoms with Gasteiger partial charge in [-0.3, -0.25) is 4.79 Å². The van der Waals surface area contributed by atoms with Gasteiger partial charge in [0.05, 0.1) is 11.2 Å². The van der Waals surface area contributed by atoms with Crippen LogP contribution in [-0.2, 0) is 24.3 Å². The van der Waals surface area contributed by atoms with Crippen molar-refractivity contribution in [3.63, 3.8) is 0 Å². The summed E-state index contributed by atoms with van der Waals surface area (Å²) in [6.07, 6.45) is 11.4. The smallest absolute Gasteiger partial charge is 0.176 e. The van der Waals surface area contributed by atoms with Crippen LogP contribution in [0.2, 0.25) is 5.02 Å². The predicted octanol–water partition coefficient (Wildman–Crippen LogP) is 5.33. The predicted molar refractivity (Wildman–Crippen MR) is 121 cm³/mol. The van der Waals surface area contributed by atoms with E-state index >= 15 is 0 Å². The Morgan fingerprint density at radius 1 is 1.21 bits per heavy atom. The molecule has 0 spiro atoms. The number of carbonyl (C=O) groups excluding carboxylic acids is 1. The van der Waals surface area contributed by atoms with Crippen LogP contribution in [0.25, 0.3) is 0 Å². The number of halogens is 1. The van der Waals surface area contributed by atoms with Gasteiger partial charge >= 0.3 is 0 Å². The molecule has 0 aliphatic heterocycles. The summed E-state index contributed by atoms with van der Waals surface area (Å²) in [6, 6.07) is 7.79. The Kier molecular flexibility index (Phi) is 7.38. The fourth-order valence-corrected chi connectivity index (χ4v) is 4.82. The quantitative estimate of drug-likeness (QED) is 0.423. The standard InChI is InChI=1S/C17H19ClN2OS.C4H6N2S/c1-20-11-10-19-16(20)22-12-15(21)17(8-2-3-9-17)13-4-6-14(18)7-5-13;1-6-3-2-5-4(6)7/h4-7,10-11H,2-3,8-9,12H2,1H3;2-3H,1H3,(H,5,7). The van der Waals surface area contributed by atoms with E-state index in [1.54, 1.807) is 6.20 Å². The maximum absolute atomic E-state index is 13.0. The number of Topliss-reactive ketones (excluding diaryl/α,β-unsaturated/α-hetero) is 1. The molecule has 0 unspecified atom stereocenters. The molecule has 0 bridgehead atoms. The summed E-state index contributed by atoms with van der Waals surface area (Å²) in [7, 11) is 3.85. The van der Waals surface area contributed by atoms with Gasteiger partial charge in [-0.2, -0.15) is 0 Å². The molecule has 4 rings (SSSR count). The number of rotatable bonds is 5. The number of carbonyl (C=O) groups is 1. The van der Waals surface area contributed by atoms with Gasteiger partial charge in [0.2, 0.25) is 0 Å². The van der Waals surface area contributed by atoms with E-state index in [4.69, 9.17) is 23.8 Å². The highest BCUT2D eigenvalue weighted by molar-refractivity contribution is 7.99. The van der Waals surface area contributed by atoms with Gasteiger partial charge in [0.25, 0.3) is 0 Å². The molecule has 1 aliphatic rings. The van der Waals surface area contributed by atoms with Gasteiger partial charge in [0, 0.05) is 43.9 Å². The molecule has 1 aliphatic carbocycles. The molecule has 29 heavy (non-hydrogen) atoms. The van der Waals surface area contributed by atoms with Crippen LogP contribution < -0.4 is 0 Å². The zero-order valence-corrected chi connectivity index (χ0v) is 19.0. The lowest BCUT2D eigenvalue weighted by Crippen LogP contribution is -2.34. The van der Waals surface area contributed by atoms with Gasteiger partial charge in [-0.25, -0.2) is 4.98 Å². The van der Waals surface area contributed by atoms with E-state index in [1.165, 1.54) is 11.8 Å². The minimum atomic E-state index is -0.331. The summed E-state index contributed by atoms with van der Waals surface area (Å²) in [5, 5.41) is 1.60. The first kappa shape index (κ1) is 21.9. The zero-order valence-electron chi connectivity index (χ0n) is 16.6. The molecule has 1 aromatic carbocycles. The van der Waals surface area contributed by atoms with Crippen molar-refractivity contribution in [2.24, 2.45) is 14.1 Å². The van der Waals surface area contributed by atoms with Gasteiger partial charge in [-0.15, -0.1) is 0 Å². The third-order valence-electron chi connectivity index (χ3n) is 5.32. The minimum absolute atomic E-state index is 0.306. The van der Waals surface area contributed by atoms with Crippen LogP contribution in [0.1, 0.15) is 31.2 Å². The van der Waals surface area contributed by atoms with E-state index in [0.717, 1.165) is 41.2 Å². The number of nitrogens with zero attached hydrogens (tertiary/aromatic N) is 3. The molecule has 0 radical (unpaired) electrons. The molecule has 0 atom stereocenters. The Hall–Kier alpha value is -1.83. The second kappa shape index (κ2) is 9.78. The van der Waals surface area contributed by atoms with Gasteiger partial charge in [0.15, 0.2) is 15.7 Å². The molecule has 0 amide bonds. The average molecular weight is 449 g/mol. The third kappa shape index (κ3) is 5.21. The van der Waals surface area contributed by atoms with Gasteiger partial charge in [-0.1, -0.05) is 48.3 Å². The van der Waals surface area contributed by atoms with E-state index in [-0.39, 0.29) is 5.41 Å². The number of hydrogen-bond donors (Lipinski definition) is 1. The molecule has 8 heteroatoms. The summed E-state index contributed by atoms with van der Waals surface area (Å²) >= 11 is 12.3. The van der Waals surface area contributed by atoms with Crippen molar-refractivity contribution in [2.75, 3.05) is 5.75 Å². The van der Waals surface area contributed by atoms with Gasteiger partial charge in [0.1, 0.15) is 0 Å². The summed E-state index contributed by atoms with van der Waals surface area (Å²) < 4.78 is 4.55. The molecular formula is C21H25ClN4OS2. The SMILES string of the molecule is Cn1cc[nH]c1=S.Cn1ccnc1SCC(=O)C1(c2ccc(Cl)cc2)CCCC1. The summed E-state index contributed by atoms with van der Waals surface area (Å²) in [5.41, 5.74) is 0.780. The van der Waals surface area contributed by atoms with Crippen molar-refractivity contribution in [1.82, 2.24) is 19.1 Å². The number of hydrogen-bond acceptors (Lipinski definition) is 4. The highest BCUT2D eigenvalue weighted by Crippen LogP contribution is 2.43. The first-order valence-electron chi connectivity index (χ1n) is 9.52. The van der Waals surface area contributed by atoms with Crippen LogP contribution in [-0.4, -0.2) is 30.6 Å². The summed E-state index contributed by atoms with van der Waals surface area (Å²) in [4.78, 5) is 20.1. The number of H-pyrrole nitrogens is 1. The second-order valence-electron chi connectivity index (χ2n) is 7.20. The van der Waals surface area contributed by atoms with Crippen LogP contribution >= 0.6 is 35.6 Å². The summed E-state index contributed by atoms with van der Waals surface area (Å²) in [6.45, 7) is 0. The van der Waals surface area contributed by atoms with Crippen molar-refractivity contribution in [3.05, 3.63) is 64.4 Å². The van der Waals surface area contributed by atoms with E-state index in [2.05, 4.69) is 9.97 Å². The first-order valence-corrected chi connectivity index (χ1v) is 11.3. The van der Waals surface area contributed by atoms with Crippen molar-refractivity contribution < 1.29 is 4.79 Å². The number of aromatic amines is 1. The Labute approximate surface area is 185 Å². The van der Waals surface area contributed by atoms with Crippen molar-refractivity contribution in [3.8, 4) is 0 Å². The van der Waals surface area contributed by atoms with Crippen LogP contribution in [0.15, 0.2) is 54.2 Å². The molecule has 1 N–H and O–H groups in total. The van der Waals surface area contributed by atoms with Crippen molar-refractivity contribution in [1.29, 1.82) is 0 Å². The molecule has 3 aromatic rings. The molecule has 2 heterocycles. The maximum Gasteiger partial charge on any atom is 0.176 e. The van der Waals surface area contributed by atoms with E-state index < -0.39 is 0 Å². The second-order valence-corrected chi connectivity index (χ2v) is 8.97. The Balaban J connectivity index is 0.000000290. The molecule has 5 nitrogen and oxygen atoms in total. The lowest BCUT2D eigenvalue weighted by Gasteiger charge is -2.28. The molecular weight excluding hydrogens is 424 g/mol. The maximum atomic E-state index is 13.0. The van der Waals surface area contributed by atoms with Crippen molar-refractivity contribution >= 4 is 41.4 Å². The monoisotopic (exact) mass is 448 g/mol. The number of nitrogens with one attached hydrogen (secondary N) is 1. The van der Waals surface area contributed by atoms with Gasteiger partial charge in [-0.05, 0) is 42.8 Å². The zero-order chi connectivity index (χ0) is 20.9. The number of ketones is 1. The lowest BCUT2D eigenvalue weighted by atomic mass is 9.76. The van der Waals surface area contributed by atoms with Crippen molar-refractivity contribution in [2.45, 2.75) is 36.3 Å². The van der Waals surface area contributed by atoms with E-state index in [0.29, 0.717) is 16.6 Å². The number of thioether (sulfide) groups is 1. The minimum Gasteiger partial charge on any atom is -0.337 e. The Morgan fingerprint density at radius 2 is 1.90 bits per heavy atom.